The summed E-state index contributed by atoms with van der Waals surface area (Å²) in [5, 5.41) is 9.35. The highest BCUT2D eigenvalue weighted by Gasteiger charge is 2.39. The number of amides is 3. The summed E-state index contributed by atoms with van der Waals surface area (Å²) in [7, 11) is 7.25. The molecule has 0 radical (unpaired) electrons. The number of fused-ring (bicyclic) bond motifs is 6. The van der Waals surface area contributed by atoms with E-state index in [0.29, 0.717) is 81.7 Å². The van der Waals surface area contributed by atoms with E-state index in [0.717, 1.165) is 66.8 Å². The first-order chi connectivity index (χ1) is 50.9. The fraction of sp³-hybridized carbons (Fsp3) is 0.280. The van der Waals surface area contributed by atoms with Crippen LogP contribution in [0.3, 0.4) is 0 Å². The van der Waals surface area contributed by atoms with E-state index in [-0.39, 0.29) is 74.1 Å². The number of alkyl halides is 2. The standard InChI is InChI=1S/C24H23N3O2.C14H11Cl2N.C14H11NO.C10H14N2O2.C8H10O3.C5H9N3O.C4H5NO2.C2H8N2.CH4.H2/c1-16(2)21(28)14-9-15-26-24(29)23(25-3)22-17-10-5-7-12-19(17)27(4)20-13-8-6-11-18(20)22;1-17-12-8-4-2-6-10(12)14(15,16)11-7-3-5-9-13(11)17;1-15-12-8-4-2-6-10(12)14(16)11-7-3-5-9-13(11)15;1-8(2)9(13)5-4-6-12-10(14)7-11-3;1-5(2)7(9)11-8(10)6(3)4;1-7-4-5(9)8-3-2-6;1-5-3-4(6)7-2;3-1-2-4;;/h5-8,10-13H,1,9,14-15H2,2,4H3,(H,26,29);2-9H,1H3;2-9H,1H3;1,4-7H2,2H3,(H,12,14);1,3H2,2,4H3;2-4,6H2,(H,8,9);3H2,2H3;1-4H2;1H4;1H. The highest BCUT2D eigenvalue weighted by atomic mass is 35.5. The van der Waals surface area contributed by atoms with Gasteiger partial charge < -0.3 is 71.5 Å². The zero-order chi connectivity index (χ0) is 80.3. The fourth-order valence-electron chi connectivity index (χ4n) is 9.53. The molecule has 0 saturated carbocycles. The molecule has 0 bridgehead atoms. The van der Waals surface area contributed by atoms with Crippen LogP contribution in [0.25, 0.3) is 46.8 Å². The van der Waals surface area contributed by atoms with Crippen molar-refractivity contribution in [3.63, 3.8) is 0 Å². The van der Waals surface area contributed by atoms with Gasteiger partial charge in [-0.25, -0.2) is 38.9 Å². The van der Waals surface area contributed by atoms with Crippen molar-refractivity contribution in [3.8, 4) is 0 Å². The lowest BCUT2D eigenvalue weighted by atomic mass is 9.89. The van der Waals surface area contributed by atoms with Crippen LogP contribution in [0.15, 0.2) is 205 Å². The monoisotopic (exact) mass is 1510 g/mol. The molecule has 0 fully saturated rings. The Bertz CT molecular complexity index is 4450. The van der Waals surface area contributed by atoms with Crippen LogP contribution in [0, 0.1) is 26.3 Å². The Morgan fingerprint density at radius 1 is 0.509 bits per heavy atom. The van der Waals surface area contributed by atoms with Gasteiger partial charge in [0.2, 0.25) is 0 Å². The predicted molar refractivity (Wildman–Crippen MR) is 434 cm³/mol. The van der Waals surface area contributed by atoms with E-state index in [1.165, 1.54) is 21.0 Å². The number of carbonyl (C=O) groups is 8. The molecule has 6 aromatic carbocycles. The van der Waals surface area contributed by atoms with Crippen molar-refractivity contribution < 1.29 is 49.3 Å². The summed E-state index contributed by atoms with van der Waals surface area (Å²) < 4.78 is 9.52. The molecule has 0 unspecified atom stereocenters. The first-order valence-corrected chi connectivity index (χ1v) is 33.9. The number of pyridine rings is 1. The summed E-state index contributed by atoms with van der Waals surface area (Å²) in [5.74, 6) is -2.86. The fourth-order valence-corrected chi connectivity index (χ4v) is 10.2. The minimum atomic E-state index is -0.973. The summed E-state index contributed by atoms with van der Waals surface area (Å²) in [5.41, 5.74) is 26.7. The topological polar surface area (TPSA) is 315 Å². The zero-order valence-corrected chi connectivity index (χ0v) is 63.0. The summed E-state index contributed by atoms with van der Waals surface area (Å²) in [6.45, 7) is 49.1. The average Bonchev–Trinajstić information content (AvgIpc) is 0.755. The van der Waals surface area contributed by atoms with Gasteiger partial charge in [0.05, 0.1) is 24.7 Å². The van der Waals surface area contributed by atoms with Crippen LogP contribution in [0.5, 0.6) is 0 Å². The molecule has 7 aromatic rings. The molecular weight excluding hydrogens is 1410 g/mol. The average molecular weight is 1510 g/mol. The van der Waals surface area contributed by atoms with Gasteiger partial charge in [0.15, 0.2) is 21.3 Å². The van der Waals surface area contributed by atoms with Gasteiger partial charge in [-0.1, -0.05) is 154 Å². The maximum absolute atomic E-state index is 12.9. The third-order valence-corrected chi connectivity index (χ3v) is 15.8. The number of hydrogen-bond donors (Lipinski definition) is 6. The number of carbonyl (C=O) groups excluding carboxylic acids is 8. The Labute approximate surface area is 644 Å². The summed E-state index contributed by atoms with van der Waals surface area (Å²) in [6.07, 6.45) is 1.83. The number of Topliss-reactive ketones (excluding diaryl/α,β-unsaturated/α-hetero) is 2. The van der Waals surface area contributed by atoms with Gasteiger partial charge in [-0.15, -0.1) is 0 Å². The van der Waals surface area contributed by atoms with Gasteiger partial charge in [-0.2, -0.15) is 0 Å². The first-order valence-electron chi connectivity index (χ1n) is 33.2. The number of halogens is 2. The van der Waals surface area contributed by atoms with Gasteiger partial charge in [-0.05, 0) is 111 Å². The number of nitrogens with one attached hydrogen (secondary N) is 3. The summed E-state index contributed by atoms with van der Waals surface area (Å²) in [6, 6.07) is 46.9. The van der Waals surface area contributed by atoms with Gasteiger partial charge in [0.1, 0.15) is 0 Å². The van der Waals surface area contributed by atoms with Crippen molar-refractivity contribution in [1.29, 1.82) is 0 Å². The maximum Gasteiger partial charge on any atom is 0.386 e. The van der Waals surface area contributed by atoms with Gasteiger partial charge in [-0.3, -0.25) is 28.8 Å². The van der Waals surface area contributed by atoms with E-state index >= 15 is 0 Å². The molecular formula is C82H97Cl2N13O11. The lowest BCUT2D eigenvalue weighted by Gasteiger charge is -2.37. The number of hydrogen-bond acceptors (Lipinski definition) is 16. The Hall–Kier alpha value is -12.1. The lowest BCUT2D eigenvalue weighted by molar-refractivity contribution is -0.154. The van der Waals surface area contributed by atoms with E-state index in [1.807, 2.05) is 167 Å². The molecule has 1 aromatic heterocycles. The third kappa shape index (κ3) is 29.4. The highest BCUT2D eigenvalue weighted by molar-refractivity contribution is 6.51. The molecule has 0 aliphatic carbocycles. The van der Waals surface area contributed by atoms with E-state index in [4.69, 9.17) is 66.7 Å². The molecule has 2 aliphatic heterocycles. The van der Waals surface area contributed by atoms with Crippen molar-refractivity contribution >= 4 is 121 Å². The Balaban J connectivity index is 0.00000129. The molecule has 24 nitrogen and oxygen atoms in total. The van der Waals surface area contributed by atoms with Crippen molar-refractivity contribution in [2.75, 3.05) is 89.9 Å². The minimum absolute atomic E-state index is 0. The summed E-state index contributed by atoms with van der Waals surface area (Å²) >= 11 is 13.1. The molecule has 108 heavy (non-hydrogen) atoms. The number of nitrogens with two attached hydrogens (primary N) is 3. The number of esters is 3. The quantitative estimate of drug-likeness (QED) is 0.00833. The molecule has 26 heteroatoms. The van der Waals surface area contributed by atoms with Crippen LogP contribution >= 0.6 is 23.2 Å². The van der Waals surface area contributed by atoms with Crippen LogP contribution in [-0.2, 0) is 59.2 Å². The second-order valence-corrected chi connectivity index (χ2v) is 24.5. The van der Waals surface area contributed by atoms with Crippen molar-refractivity contribution in [3.05, 3.63) is 278 Å². The van der Waals surface area contributed by atoms with Crippen LogP contribution in [-0.4, -0.2) is 132 Å². The first kappa shape index (κ1) is 93.9. The Morgan fingerprint density at radius 3 is 1.23 bits per heavy atom. The van der Waals surface area contributed by atoms with Crippen molar-refractivity contribution in [1.82, 2.24) is 20.5 Å². The number of methoxy groups -OCH3 is 1. The lowest BCUT2D eigenvalue weighted by Crippen LogP contribution is -2.30. The van der Waals surface area contributed by atoms with Crippen LogP contribution in [0.2, 0.25) is 0 Å². The molecule has 0 atom stereocenters. The minimum Gasteiger partial charge on any atom is -0.464 e. The van der Waals surface area contributed by atoms with Gasteiger partial charge in [0.25, 0.3) is 36.5 Å². The SMILES string of the molecule is C.C=C(C)C(=O)OC(=O)C(=C)C.CN1c2ccccc2C(Cl)(Cl)c2ccccc21.Cn1c2ccccc2c(=O)c2ccccc21.NCCN.[C-]#[N+]C(C(=O)NCCCC(=O)C(=C)C)=C1c2ccccc2N(C)c2ccccc21.[C-]#[N+]CC(=O)NCCCC(=O)C(=C)C.[C-]#[N+]CC(=O)NCCN.[C-]#[N+]CC(=O)OC.[HH]. The van der Waals surface area contributed by atoms with E-state index in [1.54, 1.807) is 13.8 Å². The molecule has 0 spiro atoms. The van der Waals surface area contributed by atoms with Crippen LogP contribution in [0.1, 0.15) is 84.5 Å². The molecule has 3 amide bonds. The maximum atomic E-state index is 12.9. The second-order valence-electron chi connectivity index (χ2n) is 23.2. The summed E-state index contributed by atoms with van der Waals surface area (Å²) in [4.78, 5) is 117. The van der Waals surface area contributed by atoms with E-state index in [9.17, 15) is 43.2 Å². The number of allylic oxidation sites excluding steroid dienone is 2. The van der Waals surface area contributed by atoms with E-state index < -0.39 is 28.1 Å². The Kier molecular flexibility index (Phi) is 43.1. The number of aryl methyl sites for hydroxylation is 1. The Morgan fingerprint density at radius 2 is 0.870 bits per heavy atom. The number of aromatic nitrogens is 1. The normalized spacial score (nSPS) is 10.8. The molecule has 0 saturated heterocycles. The molecule has 3 heterocycles. The smallest absolute Gasteiger partial charge is 0.386 e. The number of anilines is 4. The second kappa shape index (κ2) is 49.6. The van der Waals surface area contributed by atoms with Crippen LogP contribution < -0.4 is 48.4 Å². The van der Waals surface area contributed by atoms with Crippen LogP contribution in [0.4, 0.5) is 22.7 Å². The number of benzene rings is 6. The van der Waals surface area contributed by atoms with Crippen molar-refractivity contribution in [2.45, 2.75) is 65.1 Å². The number of para-hydroxylation sites is 6. The number of ketones is 2. The molecule has 570 valence electrons. The number of rotatable bonds is 19. The van der Waals surface area contributed by atoms with E-state index in [2.05, 4.69) is 85.5 Å². The molecule has 2 aliphatic rings. The zero-order valence-electron chi connectivity index (χ0n) is 61.5. The van der Waals surface area contributed by atoms with Gasteiger partial charge >= 0.3 is 24.5 Å². The number of ether oxygens (including phenoxy) is 2. The van der Waals surface area contributed by atoms with Crippen molar-refractivity contribution in [2.24, 2.45) is 24.2 Å². The third-order valence-electron chi connectivity index (χ3n) is 15.0. The highest BCUT2D eigenvalue weighted by Crippen LogP contribution is 2.53. The predicted octanol–water partition coefficient (Wildman–Crippen LogP) is 12.6. The molecule has 9 rings (SSSR count). The largest absolute Gasteiger partial charge is 0.464 e. The van der Waals surface area contributed by atoms with Gasteiger partial charge in [0, 0.05) is 136 Å². The number of nitrogens with zero attached hydrogens (tertiary/aromatic N) is 7. The molecule has 9 N–H and O–H groups in total.